The quantitative estimate of drug-likeness (QED) is 0.760. The highest BCUT2D eigenvalue weighted by Crippen LogP contribution is 2.32. The Balaban J connectivity index is 1.73. The summed E-state index contributed by atoms with van der Waals surface area (Å²) in [4.78, 5) is 7.58. The summed E-state index contributed by atoms with van der Waals surface area (Å²) < 4.78 is 6.01. The fraction of sp³-hybridized carbons (Fsp3) is 0.176. The SMILES string of the molecule is N#Cc1ccccc1-c1ccc([C@@H]2NCCc3[nH]cnc32)o1. The van der Waals surface area contributed by atoms with E-state index < -0.39 is 0 Å². The standard InChI is InChI=1S/C17H14N4O/c18-9-11-3-1-2-4-12(11)14-5-6-15(22-14)17-16-13(7-8-19-17)20-10-21-16/h1-6,10,17,19H,7-8H2,(H,20,21)/t17-/m0/s1. The van der Waals surface area contributed by atoms with Crippen LogP contribution in [0.5, 0.6) is 0 Å². The third-order valence-corrected chi connectivity index (χ3v) is 3.97. The van der Waals surface area contributed by atoms with Gasteiger partial charge in [-0.1, -0.05) is 12.1 Å². The Labute approximate surface area is 127 Å². The molecule has 0 saturated heterocycles. The minimum absolute atomic E-state index is 0.0435. The highest BCUT2D eigenvalue weighted by atomic mass is 16.3. The number of imidazole rings is 1. The molecule has 4 rings (SSSR count). The zero-order valence-corrected chi connectivity index (χ0v) is 11.8. The maximum absolute atomic E-state index is 9.22. The van der Waals surface area contributed by atoms with Crippen molar-refractivity contribution in [3.8, 4) is 17.4 Å². The van der Waals surface area contributed by atoms with Gasteiger partial charge in [-0.2, -0.15) is 5.26 Å². The normalized spacial score (nSPS) is 17.0. The zero-order valence-electron chi connectivity index (χ0n) is 11.8. The Morgan fingerprint density at radius 1 is 1.23 bits per heavy atom. The van der Waals surface area contributed by atoms with Gasteiger partial charge in [-0.05, 0) is 24.3 Å². The van der Waals surface area contributed by atoms with Crippen LogP contribution in [-0.4, -0.2) is 16.5 Å². The highest BCUT2D eigenvalue weighted by Gasteiger charge is 2.26. The molecule has 1 aromatic carbocycles. The van der Waals surface area contributed by atoms with Gasteiger partial charge in [-0.25, -0.2) is 4.98 Å². The van der Waals surface area contributed by atoms with Crippen molar-refractivity contribution in [2.45, 2.75) is 12.5 Å². The van der Waals surface area contributed by atoms with E-state index in [0.717, 1.165) is 35.7 Å². The largest absolute Gasteiger partial charge is 0.459 e. The molecule has 2 aromatic heterocycles. The Morgan fingerprint density at radius 3 is 3.05 bits per heavy atom. The molecule has 0 bridgehead atoms. The van der Waals surface area contributed by atoms with Crippen LogP contribution in [0.3, 0.4) is 0 Å². The molecule has 0 radical (unpaired) electrons. The van der Waals surface area contributed by atoms with Crippen molar-refractivity contribution in [3.05, 3.63) is 65.4 Å². The summed E-state index contributed by atoms with van der Waals surface area (Å²) in [6, 6.07) is 13.5. The average Bonchev–Trinajstić information content (AvgIpc) is 3.23. The van der Waals surface area contributed by atoms with Crippen LogP contribution in [0.25, 0.3) is 11.3 Å². The van der Waals surface area contributed by atoms with Crippen molar-refractivity contribution in [2.75, 3.05) is 6.54 Å². The predicted molar refractivity (Wildman–Crippen MR) is 81.0 cm³/mol. The molecule has 108 valence electrons. The molecule has 22 heavy (non-hydrogen) atoms. The van der Waals surface area contributed by atoms with Crippen LogP contribution in [-0.2, 0) is 6.42 Å². The second-order valence-corrected chi connectivity index (χ2v) is 5.26. The van der Waals surface area contributed by atoms with Crippen LogP contribution in [0.1, 0.15) is 28.8 Å². The number of nitriles is 1. The molecule has 0 aliphatic carbocycles. The molecule has 3 aromatic rings. The lowest BCUT2D eigenvalue weighted by atomic mass is 10.0. The number of benzene rings is 1. The molecule has 0 unspecified atom stereocenters. The van der Waals surface area contributed by atoms with E-state index in [-0.39, 0.29) is 6.04 Å². The van der Waals surface area contributed by atoms with Crippen molar-refractivity contribution >= 4 is 0 Å². The van der Waals surface area contributed by atoms with E-state index in [1.165, 1.54) is 0 Å². The monoisotopic (exact) mass is 290 g/mol. The number of furan rings is 1. The van der Waals surface area contributed by atoms with Crippen LogP contribution < -0.4 is 5.32 Å². The second kappa shape index (κ2) is 5.17. The van der Waals surface area contributed by atoms with Crippen LogP contribution in [0, 0.1) is 11.3 Å². The fourth-order valence-electron chi connectivity index (χ4n) is 2.90. The number of aromatic nitrogens is 2. The summed E-state index contributed by atoms with van der Waals surface area (Å²) in [5, 5.41) is 12.6. The first-order valence-electron chi connectivity index (χ1n) is 7.21. The van der Waals surface area contributed by atoms with Crippen molar-refractivity contribution in [2.24, 2.45) is 0 Å². The number of nitrogens with zero attached hydrogens (tertiary/aromatic N) is 2. The van der Waals surface area contributed by atoms with Gasteiger partial charge in [-0.15, -0.1) is 0 Å². The summed E-state index contributed by atoms with van der Waals surface area (Å²) in [5.41, 5.74) is 3.56. The van der Waals surface area contributed by atoms with Crippen molar-refractivity contribution in [3.63, 3.8) is 0 Å². The second-order valence-electron chi connectivity index (χ2n) is 5.26. The van der Waals surface area contributed by atoms with E-state index in [4.69, 9.17) is 4.42 Å². The van der Waals surface area contributed by atoms with Crippen LogP contribution in [0.4, 0.5) is 0 Å². The molecule has 2 N–H and O–H groups in total. The van der Waals surface area contributed by atoms with Gasteiger partial charge in [0.25, 0.3) is 0 Å². The summed E-state index contributed by atoms with van der Waals surface area (Å²) in [6.07, 6.45) is 2.66. The van der Waals surface area contributed by atoms with E-state index in [1.54, 1.807) is 12.4 Å². The molecule has 5 heteroatoms. The first-order valence-corrected chi connectivity index (χ1v) is 7.21. The van der Waals surface area contributed by atoms with Crippen molar-refractivity contribution in [1.82, 2.24) is 15.3 Å². The lowest BCUT2D eigenvalue weighted by Crippen LogP contribution is -2.30. The minimum atomic E-state index is -0.0435. The van der Waals surface area contributed by atoms with Gasteiger partial charge in [0.15, 0.2) is 0 Å². The van der Waals surface area contributed by atoms with E-state index in [1.807, 2.05) is 30.3 Å². The number of rotatable bonds is 2. The van der Waals surface area contributed by atoms with Gasteiger partial charge in [0.05, 0.1) is 23.7 Å². The van der Waals surface area contributed by atoms with E-state index in [0.29, 0.717) is 11.3 Å². The molecular weight excluding hydrogens is 276 g/mol. The van der Waals surface area contributed by atoms with Gasteiger partial charge in [0, 0.05) is 24.2 Å². The number of fused-ring (bicyclic) bond motifs is 1. The molecule has 0 amide bonds. The third kappa shape index (κ3) is 2.01. The van der Waals surface area contributed by atoms with Crippen LogP contribution >= 0.6 is 0 Å². The van der Waals surface area contributed by atoms with Gasteiger partial charge < -0.3 is 14.7 Å². The summed E-state index contributed by atoms with van der Waals surface area (Å²) in [6.45, 7) is 0.880. The topological polar surface area (TPSA) is 77.6 Å². The summed E-state index contributed by atoms with van der Waals surface area (Å²) in [5.74, 6) is 1.52. The average molecular weight is 290 g/mol. The zero-order chi connectivity index (χ0) is 14.9. The lowest BCUT2D eigenvalue weighted by Gasteiger charge is -2.21. The number of nitrogens with one attached hydrogen (secondary N) is 2. The molecule has 1 aliphatic heterocycles. The number of hydrogen-bond acceptors (Lipinski definition) is 4. The van der Waals surface area contributed by atoms with E-state index in [9.17, 15) is 5.26 Å². The molecule has 0 spiro atoms. The molecule has 5 nitrogen and oxygen atoms in total. The van der Waals surface area contributed by atoms with Gasteiger partial charge in [-0.3, -0.25) is 0 Å². The first-order chi connectivity index (χ1) is 10.9. The molecular formula is C17H14N4O. The maximum Gasteiger partial charge on any atom is 0.135 e. The van der Waals surface area contributed by atoms with Gasteiger partial charge >= 0.3 is 0 Å². The number of H-pyrrole nitrogens is 1. The lowest BCUT2D eigenvalue weighted by molar-refractivity contribution is 0.437. The van der Waals surface area contributed by atoms with E-state index in [2.05, 4.69) is 21.4 Å². The highest BCUT2D eigenvalue weighted by molar-refractivity contribution is 5.66. The Kier molecular flexibility index (Phi) is 3.02. The van der Waals surface area contributed by atoms with Crippen LogP contribution in [0.15, 0.2) is 47.1 Å². The molecule has 0 saturated carbocycles. The Hall–Kier alpha value is -2.84. The van der Waals surface area contributed by atoms with Gasteiger partial charge in [0.2, 0.25) is 0 Å². The number of aromatic amines is 1. The Bertz CT molecular complexity index is 855. The summed E-state index contributed by atoms with van der Waals surface area (Å²) in [7, 11) is 0. The molecule has 0 fully saturated rings. The fourth-order valence-corrected chi connectivity index (χ4v) is 2.90. The third-order valence-electron chi connectivity index (χ3n) is 3.97. The van der Waals surface area contributed by atoms with Crippen LogP contribution in [0.2, 0.25) is 0 Å². The Morgan fingerprint density at radius 2 is 2.14 bits per heavy atom. The smallest absolute Gasteiger partial charge is 0.135 e. The van der Waals surface area contributed by atoms with E-state index >= 15 is 0 Å². The first kappa shape index (κ1) is 12.9. The van der Waals surface area contributed by atoms with Crippen molar-refractivity contribution in [1.29, 1.82) is 5.26 Å². The van der Waals surface area contributed by atoms with Crippen molar-refractivity contribution < 1.29 is 4.42 Å². The molecule has 1 aliphatic rings. The number of hydrogen-bond donors (Lipinski definition) is 2. The minimum Gasteiger partial charge on any atom is -0.459 e. The predicted octanol–water partition coefficient (Wildman–Crippen LogP) is 2.78. The molecule has 3 heterocycles. The maximum atomic E-state index is 9.22. The molecule has 1 atom stereocenters. The summed E-state index contributed by atoms with van der Waals surface area (Å²) >= 11 is 0. The van der Waals surface area contributed by atoms with Gasteiger partial charge in [0.1, 0.15) is 17.6 Å².